The summed E-state index contributed by atoms with van der Waals surface area (Å²) in [7, 11) is 0. The molecule has 0 aromatic heterocycles. The maximum Gasteiger partial charge on any atom is 0.187 e. The van der Waals surface area contributed by atoms with Gasteiger partial charge in [0.05, 0.1) is 44.7 Å². The molecule has 5 heterocycles. The zero-order chi connectivity index (χ0) is 53.5. The molecule has 9 rings (SSSR count). The monoisotopic (exact) mass is 1070 g/mol. The molecule has 0 aromatic rings. The lowest BCUT2D eigenvalue weighted by Crippen LogP contribution is -2.67. The van der Waals surface area contributed by atoms with Crippen molar-refractivity contribution in [3.63, 3.8) is 0 Å². The van der Waals surface area contributed by atoms with Crippen molar-refractivity contribution in [3.8, 4) is 0 Å². The Kier molecular flexibility index (Phi) is 17.6. The van der Waals surface area contributed by atoms with Gasteiger partial charge in [-0.1, -0.05) is 27.7 Å². The lowest BCUT2D eigenvalue weighted by Gasteiger charge is -2.61. The van der Waals surface area contributed by atoms with Gasteiger partial charge in [-0.15, -0.1) is 0 Å². The van der Waals surface area contributed by atoms with Crippen LogP contribution in [0.4, 0.5) is 0 Å². The first-order valence-electron chi connectivity index (χ1n) is 27.2. The number of rotatable bonds is 15. The fourth-order valence-electron chi connectivity index (χ4n) is 15.6. The van der Waals surface area contributed by atoms with Crippen LogP contribution in [-0.4, -0.2) is 239 Å². The third-order valence-corrected chi connectivity index (χ3v) is 20.1. The van der Waals surface area contributed by atoms with Gasteiger partial charge in [0.25, 0.3) is 0 Å². The molecule has 14 N–H and O–H groups in total. The summed E-state index contributed by atoms with van der Waals surface area (Å²) in [6, 6.07) is 0. The highest BCUT2D eigenvalue weighted by atomic mass is 16.8. The largest absolute Gasteiger partial charge is 0.394 e. The van der Waals surface area contributed by atoms with Crippen molar-refractivity contribution in [1.29, 1.82) is 0 Å². The van der Waals surface area contributed by atoms with Gasteiger partial charge >= 0.3 is 0 Å². The van der Waals surface area contributed by atoms with E-state index in [1.807, 2.05) is 6.92 Å². The molecule has 2 unspecified atom stereocenters. The van der Waals surface area contributed by atoms with Gasteiger partial charge in [-0.3, -0.25) is 0 Å². The smallest absolute Gasteiger partial charge is 0.187 e. The molecule has 9 aliphatic rings. The average molecular weight is 1070 g/mol. The minimum Gasteiger partial charge on any atom is -0.394 e. The summed E-state index contributed by atoms with van der Waals surface area (Å²) in [6.45, 7) is 8.49. The molecule has 4 saturated carbocycles. The van der Waals surface area contributed by atoms with Crippen LogP contribution in [-0.2, 0) is 42.6 Å². The molecule has 428 valence electrons. The first kappa shape index (κ1) is 57.8. The second kappa shape index (κ2) is 22.6. The second-order valence-electron chi connectivity index (χ2n) is 24.3. The highest BCUT2D eigenvalue weighted by Crippen LogP contribution is 2.71. The highest BCUT2D eigenvalue weighted by Gasteiger charge is 2.68. The Morgan fingerprint density at radius 3 is 1.77 bits per heavy atom. The van der Waals surface area contributed by atoms with Crippen molar-refractivity contribution >= 4 is 0 Å². The number of hydrogen-bond acceptors (Lipinski definition) is 23. The maximum absolute atomic E-state index is 12.1. The standard InChI is InChI=1S/C51H86O23/c1-20(19-66-45-39(61)37(59)34(56)29(16-52)69-45)8-13-51(65)21(2)32-28(74-51)15-27-25-7-6-23-14-24(9-11-49(23,4)26(25)10-12-50(27,32)5)68-48-44(73-46-40(62)36(58)33(55)22(3)67-46)42(64)43(31(18-54)71-48)72-47-41(63)38(60)35(57)30(17-53)70-47/h20-48,52-65H,6-19H2,1-5H3/t20?,21-,22-,23-,24-,25+,26-,27-,28-,29+,30+,31+,32-,33-,34+,35+,36+,37-,38-,39+,40+,41+,42-,43+,44+,45+,46-,47-,48+,49-,50-,51?/m0/s1. The molecule has 5 saturated heterocycles. The molecule has 32 atom stereocenters. The van der Waals surface area contributed by atoms with E-state index in [1.54, 1.807) is 0 Å². The van der Waals surface area contributed by atoms with E-state index in [0.717, 1.165) is 38.5 Å². The molecule has 4 aliphatic carbocycles. The summed E-state index contributed by atoms with van der Waals surface area (Å²) in [6.07, 6.45) is -22.7. The summed E-state index contributed by atoms with van der Waals surface area (Å²) in [5.41, 5.74) is -0.0583. The van der Waals surface area contributed by atoms with Crippen LogP contribution in [0.3, 0.4) is 0 Å². The minimum atomic E-state index is -1.85. The van der Waals surface area contributed by atoms with Crippen LogP contribution in [0.1, 0.15) is 98.8 Å². The lowest BCUT2D eigenvalue weighted by molar-refractivity contribution is -0.390. The van der Waals surface area contributed by atoms with Gasteiger partial charge in [-0.25, -0.2) is 0 Å². The van der Waals surface area contributed by atoms with E-state index < -0.39 is 155 Å². The SMILES string of the molecule is CC(CCC1(O)O[C@H]2C[C@H]3[C@@H]4CC[C@H]5C[C@@H](O[C@@H]6O[C@H](CO)[C@@H](O[C@@H]7O[C@H](CO)[C@@H](O)[C@H](O)[C@H]7O)[C@H](O)[C@H]6O[C@@H]6O[C@@H](C)[C@H](O)[C@@H](O)[C@H]6O)CC[C@]5(C)[C@H]4CC[C@]3(C)[C@H]2[C@@H]1C)CO[C@@H]1O[C@H](CO)[C@@H](O)[C@H](O)[C@H]1O. The van der Waals surface area contributed by atoms with Gasteiger partial charge in [0, 0.05) is 12.3 Å². The Bertz CT molecular complexity index is 1850. The van der Waals surface area contributed by atoms with Gasteiger partial charge in [0.2, 0.25) is 0 Å². The van der Waals surface area contributed by atoms with Crippen molar-refractivity contribution < 1.29 is 114 Å². The van der Waals surface area contributed by atoms with E-state index >= 15 is 0 Å². The van der Waals surface area contributed by atoms with Crippen molar-refractivity contribution in [2.45, 2.75) is 240 Å². The Balaban J connectivity index is 0.833. The van der Waals surface area contributed by atoms with Gasteiger partial charge in [-0.2, -0.15) is 0 Å². The molecular formula is C51H86O23. The molecule has 0 bridgehead atoms. The molecule has 23 nitrogen and oxygen atoms in total. The summed E-state index contributed by atoms with van der Waals surface area (Å²) >= 11 is 0. The molecule has 74 heavy (non-hydrogen) atoms. The van der Waals surface area contributed by atoms with Crippen molar-refractivity contribution in [3.05, 3.63) is 0 Å². The van der Waals surface area contributed by atoms with Crippen LogP contribution in [0.5, 0.6) is 0 Å². The first-order chi connectivity index (χ1) is 35.0. The van der Waals surface area contributed by atoms with Crippen molar-refractivity contribution in [2.75, 3.05) is 26.4 Å². The van der Waals surface area contributed by atoms with E-state index in [1.165, 1.54) is 6.92 Å². The molecule has 5 aliphatic heterocycles. The quantitative estimate of drug-likeness (QED) is 0.0730. The molecule has 0 aromatic carbocycles. The molecular weight excluding hydrogens is 981 g/mol. The molecule has 0 amide bonds. The van der Waals surface area contributed by atoms with Gasteiger partial charge in [0.1, 0.15) is 91.6 Å². The molecule has 0 radical (unpaired) electrons. The van der Waals surface area contributed by atoms with Gasteiger partial charge in [-0.05, 0) is 111 Å². The Morgan fingerprint density at radius 2 is 1.12 bits per heavy atom. The number of hydrogen-bond donors (Lipinski definition) is 14. The third kappa shape index (κ3) is 10.3. The normalized spacial score (nSPS) is 56.0. The first-order valence-corrected chi connectivity index (χ1v) is 27.2. The van der Waals surface area contributed by atoms with Gasteiger partial charge in [0.15, 0.2) is 30.9 Å². The summed E-state index contributed by atoms with van der Waals surface area (Å²) in [5.74, 6) is 0.202. The second-order valence-corrected chi connectivity index (χ2v) is 24.3. The van der Waals surface area contributed by atoms with Crippen molar-refractivity contribution in [2.24, 2.45) is 52.3 Å². The number of aliphatic hydroxyl groups is 14. The fraction of sp³-hybridized carbons (Fsp3) is 1.00. The van der Waals surface area contributed by atoms with E-state index in [0.29, 0.717) is 43.4 Å². The van der Waals surface area contributed by atoms with Crippen LogP contribution >= 0.6 is 0 Å². The zero-order valence-corrected chi connectivity index (χ0v) is 43.1. The Labute approximate surface area is 431 Å². The van der Waals surface area contributed by atoms with Crippen LogP contribution in [0.15, 0.2) is 0 Å². The summed E-state index contributed by atoms with van der Waals surface area (Å²) in [5, 5.41) is 149. The lowest BCUT2D eigenvalue weighted by atomic mass is 9.44. The van der Waals surface area contributed by atoms with E-state index in [9.17, 15) is 71.5 Å². The summed E-state index contributed by atoms with van der Waals surface area (Å²) < 4.78 is 54.5. The fourth-order valence-corrected chi connectivity index (χ4v) is 15.6. The third-order valence-electron chi connectivity index (χ3n) is 20.1. The molecule has 0 spiro atoms. The topological polar surface area (TPSA) is 366 Å². The zero-order valence-electron chi connectivity index (χ0n) is 43.1. The Hall–Kier alpha value is -0.920. The molecule has 23 heteroatoms. The van der Waals surface area contributed by atoms with Crippen LogP contribution in [0, 0.1) is 52.3 Å². The van der Waals surface area contributed by atoms with E-state index in [2.05, 4.69) is 20.8 Å². The van der Waals surface area contributed by atoms with E-state index in [-0.39, 0.29) is 47.2 Å². The van der Waals surface area contributed by atoms with Crippen LogP contribution in [0.2, 0.25) is 0 Å². The Morgan fingerprint density at radius 1 is 0.554 bits per heavy atom. The maximum atomic E-state index is 12.1. The number of fused-ring (bicyclic) bond motifs is 7. The van der Waals surface area contributed by atoms with Crippen molar-refractivity contribution in [1.82, 2.24) is 0 Å². The minimum absolute atomic E-state index is 0.0171. The molecule has 9 fully saturated rings. The van der Waals surface area contributed by atoms with Gasteiger partial charge < -0.3 is 114 Å². The number of aliphatic hydroxyl groups excluding tert-OH is 13. The average Bonchev–Trinajstić information content (AvgIpc) is 3.82. The predicted molar refractivity (Wildman–Crippen MR) is 250 cm³/mol. The highest BCUT2D eigenvalue weighted by molar-refractivity contribution is 5.15. The van der Waals surface area contributed by atoms with Crippen LogP contribution < -0.4 is 0 Å². The summed E-state index contributed by atoms with van der Waals surface area (Å²) in [4.78, 5) is 0. The van der Waals surface area contributed by atoms with Crippen LogP contribution in [0.25, 0.3) is 0 Å². The predicted octanol–water partition coefficient (Wildman–Crippen LogP) is -2.93. The van der Waals surface area contributed by atoms with E-state index in [4.69, 9.17) is 42.6 Å². The number of ether oxygens (including phenoxy) is 9.